The summed E-state index contributed by atoms with van der Waals surface area (Å²) >= 11 is -3.40. The van der Waals surface area contributed by atoms with Crippen molar-refractivity contribution in [1.82, 2.24) is 0 Å². The Balaban J connectivity index is 0.000000317. The minimum Gasteiger partial charge on any atom is -0.504 e. The van der Waals surface area contributed by atoms with E-state index in [1.165, 1.54) is 0 Å². The SMILES string of the molecule is CC1Nc2cc(O)c(O)cc2C1C.[O-][Br+2]([O-])O. The van der Waals surface area contributed by atoms with Gasteiger partial charge in [-0.05, 0) is 22.8 Å². The Morgan fingerprint density at radius 1 is 1.18 bits per heavy atom. The molecule has 2 unspecified atom stereocenters. The van der Waals surface area contributed by atoms with Crippen molar-refractivity contribution >= 4 is 5.69 Å². The third-order valence-corrected chi connectivity index (χ3v) is 2.77. The molecule has 0 aliphatic carbocycles. The highest BCUT2D eigenvalue weighted by atomic mass is 80.0. The molecule has 1 heterocycles. The maximum Gasteiger partial charge on any atom is 0.433 e. The van der Waals surface area contributed by atoms with Gasteiger partial charge in [0.2, 0.25) is 0 Å². The highest BCUT2D eigenvalue weighted by Crippen LogP contribution is 2.41. The molecule has 2 rings (SSSR count). The molecular formula is C10H14BrNO5. The van der Waals surface area contributed by atoms with E-state index in [0.29, 0.717) is 12.0 Å². The maximum atomic E-state index is 9.31. The molecule has 0 amide bonds. The number of aromatic hydroxyl groups is 2. The van der Waals surface area contributed by atoms with Gasteiger partial charge in [-0.1, -0.05) is 6.92 Å². The van der Waals surface area contributed by atoms with Crippen LogP contribution in [-0.4, -0.2) is 20.5 Å². The fourth-order valence-corrected chi connectivity index (χ4v) is 1.73. The smallest absolute Gasteiger partial charge is 0.433 e. The van der Waals surface area contributed by atoms with Crippen LogP contribution >= 0.6 is 0 Å². The number of phenolic OH excluding ortho intramolecular Hbond substituents is 2. The van der Waals surface area contributed by atoms with Crippen LogP contribution < -0.4 is 13.7 Å². The largest absolute Gasteiger partial charge is 0.504 e. The second-order valence-corrected chi connectivity index (χ2v) is 4.69. The molecule has 0 fully saturated rings. The molecule has 0 saturated heterocycles. The lowest BCUT2D eigenvalue weighted by Gasteiger charge is -2.08. The second-order valence-electron chi connectivity index (χ2n) is 3.85. The van der Waals surface area contributed by atoms with Crippen molar-refractivity contribution < 1.29 is 37.6 Å². The Kier molecular flexibility index (Phi) is 4.58. The molecule has 0 bridgehead atoms. The zero-order valence-electron chi connectivity index (χ0n) is 9.35. The minimum absolute atomic E-state index is 0.0403. The lowest BCUT2D eigenvalue weighted by molar-refractivity contribution is -1.63. The summed E-state index contributed by atoms with van der Waals surface area (Å²) in [5, 5.41) is 21.8. The fourth-order valence-electron chi connectivity index (χ4n) is 1.73. The van der Waals surface area contributed by atoms with Gasteiger partial charge in [-0.15, -0.1) is 0 Å². The third-order valence-electron chi connectivity index (χ3n) is 2.77. The van der Waals surface area contributed by atoms with E-state index in [4.69, 9.17) is 12.6 Å². The zero-order chi connectivity index (χ0) is 13.2. The first kappa shape index (κ1) is 14.0. The number of rotatable bonds is 0. The Morgan fingerprint density at radius 3 is 2.18 bits per heavy atom. The number of halogens is 1. The van der Waals surface area contributed by atoms with Gasteiger partial charge < -0.3 is 23.9 Å². The van der Waals surface area contributed by atoms with Gasteiger partial charge >= 0.3 is 14.8 Å². The molecule has 0 aromatic heterocycles. The third kappa shape index (κ3) is 3.47. The average Bonchev–Trinajstić information content (AvgIpc) is 2.44. The highest BCUT2D eigenvalue weighted by molar-refractivity contribution is 5.65. The summed E-state index contributed by atoms with van der Waals surface area (Å²) in [6.07, 6.45) is 0. The van der Waals surface area contributed by atoms with Crippen LogP contribution in [-0.2, 0) is 0 Å². The van der Waals surface area contributed by atoms with Crippen LogP contribution in [0.2, 0.25) is 0 Å². The number of benzene rings is 1. The van der Waals surface area contributed by atoms with E-state index < -0.39 is 14.8 Å². The van der Waals surface area contributed by atoms with Gasteiger partial charge in [0.25, 0.3) is 0 Å². The predicted molar refractivity (Wildman–Crippen MR) is 53.5 cm³/mol. The highest BCUT2D eigenvalue weighted by Gasteiger charge is 2.26. The van der Waals surface area contributed by atoms with E-state index in [2.05, 4.69) is 19.2 Å². The van der Waals surface area contributed by atoms with Crippen molar-refractivity contribution in [2.45, 2.75) is 25.8 Å². The Hall–Kier alpha value is -1.02. The van der Waals surface area contributed by atoms with Gasteiger partial charge in [0.05, 0.1) is 0 Å². The number of hydrogen-bond acceptors (Lipinski definition) is 6. The molecule has 6 nitrogen and oxygen atoms in total. The monoisotopic (exact) mass is 307 g/mol. The van der Waals surface area contributed by atoms with E-state index in [0.717, 1.165) is 11.3 Å². The molecule has 0 radical (unpaired) electrons. The normalized spacial score (nSPS) is 21.5. The van der Waals surface area contributed by atoms with E-state index in [9.17, 15) is 10.2 Å². The minimum atomic E-state index is -3.40. The van der Waals surface area contributed by atoms with Crippen LogP contribution in [0.3, 0.4) is 0 Å². The number of phenols is 2. The number of fused-ring (bicyclic) bond motifs is 1. The van der Waals surface area contributed by atoms with Crippen LogP contribution in [0.1, 0.15) is 25.3 Å². The lowest BCUT2D eigenvalue weighted by atomic mass is 9.98. The Morgan fingerprint density at radius 2 is 1.65 bits per heavy atom. The van der Waals surface area contributed by atoms with Gasteiger partial charge in [0.15, 0.2) is 11.5 Å². The van der Waals surface area contributed by atoms with Crippen LogP contribution in [0.5, 0.6) is 11.5 Å². The first-order valence-corrected chi connectivity index (χ1v) is 6.90. The molecule has 1 aromatic carbocycles. The fraction of sp³-hybridized carbons (Fsp3) is 0.400. The van der Waals surface area contributed by atoms with E-state index in [1.54, 1.807) is 12.1 Å². The van der Waals surface area contributed by atoms with Crippen LogP contribution in [0.15, 0.2) is 12.1 Å². The summed E-state index contributed by atoms with van der Waals surface area (Å²) in [6.45, 7) is 4.18. The van der Waals surface area contributed by atoms with Crippen molar-refractivity contribution in [3.63, 3.8) is 0 Å². The standard InChI is InChI=1S/C10H13NO2.BrHO3/c1-5-6(2)11-8-4-10(13)9(12)3-7(5)8;2-1(3)4/h3-6,11-13H,1-2H3;2H. The van der Waals surface area contributed by atoms with E-state index >= 15 is 0 Å². The number of anilines is 1. The van der Waals surface area contributed by atoms with Crippen molar-refractivity contribution in [1.29, 1.82) is 0 Å². The van der Waals surface area contributed by atoms with Crippen molar-refractivity contribution in [2.24, 2.45) is 0 Å². The molecule has 0 saturated carbocycles. The van der Waals surface area contributed by atoms with Crippen molar-refractivity contribution in [2.75, 3.05) is 5.32 Å². The van der Waals surface area contributed by atoms with Gasteiger partial charge in [0.1, 0.15) is 0 Å². The summed E-state index contributed by atoms with van der Waals surface area (Å²) in [7, 11) is 0. The summed E-state index contributed by atoms with van der Waals surface area (Å²) in [6, 6.07) is 3.56. The quantitative estimate of drug-likeness (QED) is 0.363. The summed E-state index contributed by atoms with van der Waals surface area (Å²) in [4.78, 5) is 0. The molecule has 1 aliphatic rings. The molecule has 4 N–H and O–H groups in total. The van der Waals surface area contributed by atoms with Crippen LogP contribution in [0, 0.1) is 14.8 Å². The van der Waals surface area contributed by atoms with Gasteiger partial charge in [-0.3, -0.25) is 0 Å². The first-order chi connectivity index (χ1) is 7.82. The number of hydrogen-bond donors (Lipinski definition) is 4. The zero-order valence-corrected chi connectivity index (χ0v) is 10.9. The summed E-state index contributed by atoms with van der Waals surface area (Å²) in [5.41, 5.74) is 2.00. The molecule has 17 heavy (non-hydrogen) atoms. The number of nitrogens with one attached hydrogen (secondary N) is 1. The Bertz CT molecular complexity index is 396. The molecule has 96 valence electrons. The maximum absolute atomic E-state index is 9.31. The molecule has 1 aromatic rings. The Labute approximate surface area is 104 Å². The topological polar surface area (TPSA) is 119 Å². The summed E-state index contributed by atoms with van der Waals surface area (Å²) in [5.74, 6) is 0.274. The predicted octanol–water partition coefficient (Wildman–Crippen LogP) is -0.920. The second kappa shape index (κ2) is 5.54. The van der Waals surface area contributed by atoms with E-state index in [-0.39, 0.29) is 11.5 Å². The first-order valence-electron chi connectivity index (χ1n) is 4.89. The van der Waals surface area contributed by atoms with Gasteiger partial charge in [0, 0.05) is 23.7 Å². The van der Waals surface area contributed by atoms with Crippen molar-refractivity contribution in [3.8, 4) is 11.5 Å². The average molecular weight is 308 g/mol. The van der Waals surface area contributed by atoms with Gasteiger partial charge in [-0.25, -0.2) is 0 Å². The van der Waals surface area contributed by atoms with Crippen LogP contribution in [0.4, 0.5) is 5.69 Å². The molecule has 7 heteroatoms. The molecule has 1 aliphatic heterocycles. The molecule has 2 atom stereocenters. The molecule has 0 spiro atoms. The summed E-state index contributed by atoms with van der Waals surface area (Å²) < 4.78 is 24.3. The van der Waals surface area contributed by atoms with Gasteiger partial charge in [-0.2, -0.15) is 0 Å². The van der Waals surface area contributed by atoms with Crippen LogP contribution in [0.25, 0.3) is 0 Å². The van der Waals surface area contributed by atoms with E-state index in [1.807, 2.05) is 0 Å². The lowest BCUT2D eigenvalue weighted by Crippen LogP contribution is -2.30. The molecular weight excluding hydrogens is 294 g/mol. The van der Waals surface area contributed by atoms with Crippen molar-refractivity contribution in [3.05, 3.63) is 17.7 Å².